The molecule has 0 aromatic heterocycles. The summed E-state index contributed by atoms with van der Waals surface area (Å²) < 4.78 is 5.25. The van der Waals surface area contributed by atoms with Gasteiger partial charge < -0.3 is 14.9 Å². The lowest BCUT2D eigenvalue weighted by Gasteiger charge is -2.08. The van der Waals surface area contributed by atoms with Gasteiger partial charge in [0.05, 0.1) is 16.7 Å². The predicted octanol–water partition coefficient (Wildman–Crippen LogP) is 3.97. The predicted molar refractivity (Wildman–Crippen MR) is 97.2 cm³/mol. The van der Waals surface area contributed by atoms with Crippen molar-refractivity contribution in [2.24, 2.45) is 0 Å². The topological polar surface area (TPSA) is 101 Å². The number of para-hydroxylation sites is 1. The van der Waals surface area contributed by atoms with Gasteiger partial charge >= 0.3 is 17.9 Å². The van der Waals surface area contributed by atoms with Crippen molar-refractivity contribution < 1.29 is 29.3 Å². The molecule has 0 spiro atoms. The maximum absolute atomic E-state index is 12.2. The van der Waals surface area contributed by atoms with Crippen LogP contribution in [0, 0.1) is 0 Å². The summed E-state index contributed by atoms with van der Waals surface area (Å²) in [5.41, 5.74) is 1.07. The largest absolute Gasteiger partial charge is 0.478 e. The van der Waals surface area contributed by atoms with Gasteiger partial charge in [-0.15, -0.1) is 0 Å². The second-order valence-corrected chi connectivity index (χ2v) is 5.69. The van der Waals surface area contributed by atoms with Crippen molar-refractivity contribution in [2.75, 3.05) is 0 Å². The van der Waals surface area contributed by atoms with Gasteiger partial charge in [0.15, 0.2) is 0 Å². The Morgan fingerprint density at radius 2 is 1.19 bits per heavy atom. The van der Waals surface area contributed by atoms with E-state index in [4.69, 9.17) is 14.9 Å². The highest BCUT2D eigenvalue weighted by molar-refractivity contribution is 5.96. The first-order chi connectivity index (χ1) is 12.9. The van der Waals surface area contributed by atoms with Gasteiger partial charge in [0.1, 0.15) is 5.75 Å². The third kappa shape index (κ3) is 4.19. The number of rotatable bonds is 5. The number of carbonyl (C=O) groups excluding carboxylic acids is 1. The lowest BCUT2D eigenvalue weighted by atomic mass is 9.99. The Morgan fingerprint density at radius 1 is 0.630 bits per heavy atom. The summed E-state index contributed by atoms with van der Waals surface area (Å²) in [6, 6.07) is 18.8. The van der Waals surface area contributed by atoms with Gasteiger partial charge in [-0.05, 0) is 53.6 Å². The van der Waals surface area contributed by atoms with Crippen molar-refractivity contribution in [1.82, 2.24) is 0 Å². The Morgan fingerprint density at radius 3 is 1.70 bits per heavy atom. The molecule has 0 fully saturated rings. The van der Waals surface area contributed by atoms with Crippen molar-refractivity contribution in [3.63, 3.8) is 0 Å². The second-order valence-electron chi connectivity index (χ2n) is 5.69. The van der Waals surface area contributed by atoms with Gasteiger partial charge in [-0.3, -0.25) is 0 Å². The first kappa shape index (κ1) is 17.9. The molecule has 0 amide bonds. The minimum absolute atomic E-state index is 0.127. The number of ether oxygens (including phenoxy) is 1. The lowest BCUT2D eigenvalue weighted by molar-refractivity contribution is 0.0693. The summed E-state index contributed by atoms with van der Waals surface area (Å²) in [6.07, 6.45) is 0. The SMILES string of the molecule is O=C(O)c1cc(C(=O)O)cc(-c2ccc(C(=O)Oc3ccccc3)cc2)c1. The molecule has 134 valence electrons. The molecule has 0 radical (unpaired) electrons. The molecule has 0 bridgehead atoms. The fraction of sp³-hybridized carbons (Fsp3) is 0. The molecule has 27 heavy (non-hydrogen) atoms. The molecule has 3 aromatic carbocycles. The highest BCUT2D eigenvalue weighted by Crippen LogP contribution is 2.24. The number of hydrogen-bond acceptors (Lipinski definition) is 4. The zero-order valence-electron chi connectivity index (χ0n) is 14.0. The molecule has 0 saturated carbocycles. The van der Waals surface area contributed by atoms with Crippen molar-refractivity contribution in [1.29, 1.82) is 0 Å². The maximum atomic E-state index is 12.2. The molecule has 0 saturated heterocycles. The van der Waals surface area contributed by atoms with Crippen LogP contribution in [-0.2, 0) is 0 Å². The number of hydrogen-bond donors (Lipinski definition) is 2. The molecule has 3 aromatic rings. The summed E-state index contributed by atoms with van der Waals surface area (Å²) in [5.74, 6) is -2.55. The van der Waals surface area contributed by atoms with Crippen molar-refractivity contribution >= 4 is 17.9 Å². The molecule has 3 rings (SSSR count). The Balaban J connectivity index is 1.88. The van der Waals surface area contributed by atoms with Crippen LogP contribution in [0.3, 0.4) is 0 Å². The van der Waals surface area contributed by atoms with Gasteiger partial charge in [-0.2, -0.15) is 0 Å². The molecular weight excluding hydrogens is 348 g/mol. The Bertz CT molecular complexity index is 974. The number of benzene rings is 3. The second kappa shape index (κ2) is 7.53. The fourth-order valence-electron chi connectivity index (χ4n) is 2.49. The molecule has 0 atom stereocenters. The van der Waals surface area contributed by atoms with E-state index in [-0.39, 0.29) is 11.1 Å². The summed E-state index contributed by atoms with van der Waals surface area (Å²) in [4.78, 5) is 34.6. The third-order valence-corrected chi connectivity index (χ3v) is 3.83. The van der Waals surface area contributed by atoms with E-state index in [2.05, 4.69) is 0 Å². The minimum atomic E-state index is -1.22. The van der Waals surface area contributed by atoms with Crippen molar-refractivity contribution in [3.8, 4) is 16.9 Å². The lowest BCUT2D eigenvalue weighted by Crippen LogP contribution is -2.08. The molecule has 0 heterocycles. The van der Waals surface area contributed by atoms with Gasteiger partial charge in [0.25, 0.3) is 0 Å². The van der Waals surface area contributed by atoms with Crippen LogP contribution in [0.25, 0.3) is 11.1 Å². The average Bonchev–Trinajstić information content (AvgIpc) is 2.68. The van der Waals surface area contributed by atoms with Crippen LogP contribution in [0.15, 0.2) is 72.8 Å². The average molecular weight is 362 g/mol. The zero-order chi connectivity index (χ0) is 19.4. The highest BCUT2D eigenvalue weighted by Gasteiger charge is 2.13. The van der Waals surface area contributed by atoms with E-state index in [0.29, 0.717) is 22.4 Å². The fourth-order valence-corrected chi connectivity index (χ4v) is 2.49. The normalized spacial score (nSPS) is 10.2. The molecule has 0 unspecified atom stereocenters. The number of aromatic carboxylic acids is 2. The number of esters is 1. The van der Waals surface area contributed by atoms with E-state index in [1.54, 1.807) is 36.4 Å². The number of carboxylic acid groups (broad SMARTS) is 2. The van der Waals surface area contributed by atoms with Crippen LogP contribution in [0.2, 0.25) is 0 Å². The van der Waals surface area contributed by atoms with Crippen LogP contribution in [0.1, 0.15) is 31.1 Å². The summed E-state index contributed by atoms with van der Waals surface area (Å²) in [6.45, 7) is 0. The molecule has 6 nitrogen and oxygen atoms in total. The molecule has 6 heteroatoms. The standard InChI is InChI=1S/C21H14O6/c22-19(23)16-10-15(11-17(12-16)20(24)25)13-6-8-14(9-7-13)21(26)27-18-4-2-1-3-5-18/h1-12H,(H,22,23)(H,24,25). The minimum Gasteiger partial charge on any atom is -0.478 e. The quantitative estimate of drug-likeness (QED) is 0.526. The van der Waals surface area contributed by atoms with Gasteiger partial charge in [-0.1, -0.05) is 30.3 Å². The highest BCUT2D eigenvalue weighted by atomic mass is 16.5. The Kier molecular flexibility index (Phi) is 4.99. The van der Waals surface area contributed by atoms with Crippen LogP contribution in [0.4, 0.5) is 0 Å². The monoisotopic (exact) mass is 362 g/mol. The Labute approximate surface area is 154 Å². The van der Waals surface area contributed by atoms with E-state index >= 15 is 0 Å². The van der Waals surface area contributed by atoms with Gasteiger partial charge in [0.2, 0.25) is 0 Å². The summed E-state index contributed by atoms with van der Waals surface area (Å²) in [5, 5.41) is 18.3. The summed E-state index contributed by atoms with van der Waals surface area (Å²) in [7, 11) is 0. The van der Waals surface area contributed by atoms with E-state index in [1.165, 1.54) is 24.3 Å². The summed E-state index contributed by atoms with van der Waals surface area (Å²) >= 11 is 0. The molecule has 0 aliphatic rings. The van der Waals surface area contributed by atoms with E-state index < -0.39 is 17.9 Å². The number of carbonyl (C=O) groups is 3. The Hall–Kier alpha value is -3.93. The molecule has 2 N–H and O–H groups in total. The maximum Gasteiger partial charge on any atom is 0.343 e. The smallest absolute Gasteiger partial charge is 0.343 e. The molecular formula is C21H14O6. The van der Waals surface area contributed by atoms with E-state index in [0.717, 1.165) is 6.07 Å². The van der Waals surface area contributed by atoms with Crippen LogP contribution in [-0.4, -0.2) is 28.1 Å². The van der Waals surface area contributed by atoms with Crippen molar-refractivity contribution in [2.45, 2.75) is 0 Å². The van der Waals surface area contributed by atoms with Gasteiger partial charge in [-0.25, -0.2) is 14.4 Å². The first-order valence-electron chi connectivity index (χ1n) is 7.93. The first-order valence-corrected chi connectivity index (χ1v) is 7.93. The number of carboxylic acids is 2. The third-order valence-electron chi connectivity index (χ3n) is 3.83. The molecule has 0 aliphatic carbocycles. The van der Waals surface area contributed by atoms with Gasteiger partial charge in [0, 0.05) is 0 Å². The zero-order valence-corrected chi connectivity index (χ0v) is 14.0. The van der Waals surface area contributed by atoms with E-state index in [1.807, 2.05) is 6.07 Å². The van der Waals surface area contributed by atoms with Crippen LogP contribution >= 0.6 is 0 Å². The van der Waals surface area contributed by atoms with Crippen LogP contribution < -0.4 is 4.74 Å². The molecule has 0 aliphatic heterocycles. The van der Waals surface area contributed by atoms with Crippen molar-refractivity contribution in [3.05, 3.63) is 89.5 Å². The van der Waals surface area contributed by atoms with Crippen LogP contribution in [0.5, 0.6) is 5.75 Å². The van der Waals surface area contributed by atoms with E-state index in [9.17, 15) is 14.4 Å².